The molecule has 2 saturated heterocycles. The zero-order chi connectivity index (χ0) is 18.2. The van der Waals surface area contributed by atoms with Crippen molar-refractivity contribution in [2.24, 2.45) is 0 Å². The van der Waals surface area contributed by atoms with Gasteiger partial charge < -0.3 is 19.9 Å². The number of ether oxygens (including phenoxy) is 1. The summed E-state index contributed by atoms with van der Waals surface area (Å²) in [5, 5.41) is 2.84. The molecule has 0 aromatic carbocycles. The molecule has 2 aliphatic rings. The molecule has 1 N–H and O–H groups in total. The number of morpholine rings is 1. The topological polar surface area (TPSA) is 90.9 Å². The molecule has 1 aromatic rings. The third-order valence-electron chi connectivity index (χ3n) is 4.63. The number of hydrogen-bond acceptors (Lipinski definition) is 7. The van der Waals surface area contributed by atoms with Crippen LogP contribution in [-0.2, 0) is 14.3 Å². The Morgan fingerprint density at radius 2 is 1.73 bits per heavy atom. The van der Waals surface area contributed by atoms with Crippen molar-refractivity contribution in [2.45, 2.75) is 6.42 Å². The molecule has 0 spiro atoms. The van der Waals surface area contributed by atoms with Crippen LogP contribution in [0.4, 0.5) is 5.95 Å². The first-order chi connectivity index (χ1) is 12.7. The van der Waals surface area contributed by atoms with E-state index in [2.05, 4.69) is 20.2 Å². The maximum Gasteiger partial charge on any atom is 0.232 e. The summed E-state index contributed by atoms with van der Waals surface area (Å²) >= 11 is 0. The van der Waals surface area contributed by atoms with Crippen molar-refractivity contribution < 1.29 is 14.3 Å². The van der Waals surface area contributed by atoms with Crippen LogP contribution in [0.5, 0.6) is 0 Å². The number of anilines is 1. The van der Waals surface area contributed by atoms with Crippen molar-refractivity contribution in [1.82, 2.24) is 25.1 Å². The highest BCUT2D eigenvalue weighted by Gasteiger charge is 2.23. The smallest absolute Gasteiger partial charge is 0.232 e. The summed E-state index contributed by atoms with van der Waals surface area (Å²) in [6.45, 7) is 7.14. The van der Waals surface area contributed by atoms with Crippen molar-refractivity contribution in [3.05, 3.63) is 18.5 Å². The molecule has 0 aliphatic carbocycles. The van der Waals surface area contributed by atoms with E-state index >= 15 is 0 Å². The quantitative estimate of drug-likeness (QED) is 0.647. The number of aromatic nitrogens is 2. The molecule has 9 heteroatoms. The van der Waals surface area contributed by atoms with E-state index in [1.54, 1.807) is 23.4 Å². The van der Waals surface area contributed by atoms with Crippen molar-refractivity contribution in [2.75, 3.05) is 70.5 Å². The molecule has 2 amide bonds. The standard InChI is InChI=1S/C17H26N6O3/c24-15(18-4-5-21-10-12-26-13-11-21)14-16(25)22-6-8-23(9-7-22)17-19-2-1-3-20-17/h1-3H,4-14H2,(H,18,24). The summed E-state index contributed by atoms with van der Waals surface area (Å²) in [7, 11) is 0. The highest BCUT2D eigenvalue weighted by molar-refractivity contribution is 5.96. The SMILES string of the molecule is O=C(CC(=O)N1CCN(c2ncccn2)CC1)NCCN1CCOCC1. The van der Waals surface area contributed by atoms with Crippen molar-refractivity contribution >= 4 is 17.8 Å². The summed E-state index contributed by atoms with van der Waals surface area (Å²) in [6.07, 6.45) is 3.33. The van der Waals surface area contributed by atoms with Gasteiger partial charge in [-0.3, -0.25) is 14.5 Å². The van der Waals surface area contributed by atoms with Crippen LogP contribution in [0, 0.1) is 0 Å². The molecule has 2 fully saturated rings. The summed E-state index contributed by atoms with van der Waals surface area (Å²) < 4.78 is 5.29. The third-order valence-corrected chi connectivity index (χ3v) is 4.63. The van der Waals surface area contributed by atoms with E-state index in [9.17, 15) is 9.59 Å². The lowest BCUT2D eigenvalue weighted by Gasteiger charge is -2.34. The van der Waals surface area contributed by atoms with Gasteiger partial charge in [0.2, 0.25) is 17.8 Å². The van der Waals surface area contributed by atoms with E-state index in [0.717, 1.165) is 32.8 Å². The van der Waals surface area contributed by atoms with E-state index < -0.39 is 0 Å². The first-order valence-electron chi connectivity index (χ1n) is 9.09. The second kappa shape index (κ2) is 9.44. The van der Waals surface area contributed by atoms with Crippen LogP contribution in [-0.4, -0.2) is 97.2 Å². The Bertz CT molecular complexity index is 585. The number of amides is 2. The normalized spacial score (nSPS) is 18.6. The van der Waals surface area contributed by atoms with Gasteiger partial charge in [-0.15, -0.1) is 0 Å². The predicted molar refractivity (Wildman–Crippen MR) is 95.7 cm³/mol. The first-order valence-corrected chi connectivity index (χ1v) is 9.09. The zero-order valence-corrected chi connectivity index (χ0v) is 15.0. The number of piperazine rings is 1. The minimum Gasteiger partial charge on any atom is -0.379 e. The Hall–Kier alpha value is -2.26. The molecule has 26 heavy (non-hydrogen) atoms. The summed E-state index contributed by atoms with van der Waals surface area (Å²) in [6, 6.07) is 1.78. The van der Waals surface area contributed by atoms with Crippen LogP contribution < -0.4 is 10.2 Å². The minimum absolute atomic E-state index is 0.0923. The average molecular weight is 362 g/mol. The Balaban J connectivity index is 1.34. The molecule has 0 bridgehead atoms. The van der Waals surface area contributed by atoms with Gasteiger partial charge in [0.1, 0.15) is 6.42 Å². The van der Waals surface area contributed by atoms with Gasteiger partial charge in [-0.05, 0) is 6.07 Å². The summed E-state index contributed by atoms with van der Waals surface area (Å²) in [5.41, 5.74) is 0. The van der Waals surface area contributed by atoms with E-state index in [-0.39, 0.29) is 18.2 Å². The molecule has 1 aromatic heterocycles. The number of rotatable bonds is 6. The molecule has 3 rings (SSSR count). The number of carbonyl (C=O) groups excluding carboxylic acids is 2. The van der Waals surface area contributed by atoms with Gasteiger partial charge in [0.25, 0.3) is 0 Å². The number of hydrogen-bond donors (Lipinski definition) is 1. The molecule has 3 heterocycles. The van der Waals surface area contributed by atoms with Gasteiger partial charge in [-0.1, -0.05) is 0 Å². The van der Waals surface area contributed by atoms with Crippen molar-refractivity contribution in [3.8, 4) is 0 Å². The molecule has 9 nitrogen and oxygen atoms in total. The minimum atomic E-state index is -0.211. The maximum absolute atomic E-state index is 12.3. The molecule has 0 saturated carbocycles. The Kier molecular flexibility index (Phi) is 6.73. The molecule has 0 unspecified atom stereocenters. The molecule has 0 radical (unpaired) electrons. The van der Waals surface area contributed by atoms with Gasteiger partial charge in [-0.2, -0.15) is 0 Å². The van der Waals surface area contributed by atoms with Crippen molar-refractivity contribution in [3.63, 3.8) is 0 Å². The molecular weight excluding hydrogens is 336 g/mol. The van der Waals surface area contributed by atoms with E-state index in [0.29, 0.717) is 38.7 Å². The van der Waals surface area contributed by atoms with Gasteiger partial charge in [0.05, 0.1) is 13.2 Å². The fourth-order valence-electron chi connectivity index (χ4n) is 3.10. The highest BCUT2D eigenvalue weighted by atomic mass is 16.5. The number of nitrogens with zero attached hydrogens (tertiary/aromatic N) is 5. The largest absolute Gasteiger partial charge is 0.379 e. The Morgan fingerprint density at radius 1 is 1.04 bits per heavy atom. The lowest BCUT2D eigenvalue weighted by atomic mass is 10.2. The van der Waals surface area contributed by atoms with Crippen molar-refractivity contribution in [1.29, 1.82) is 0 Å². The molecule has 142 valence electrons. The predicted octanol–water partition coefficient (Wildman–Crippen LogP) is -1.04. The first kappa shape index (κ1) is 18.5. The Morgan fingerprint density at radius 3 is 2.42 bits per heavy atom. The van der Waals surface area contributed by atoms with Gasteiger partial charge in [0, 0.05) is 64.8 Å². The van der Waals surface area contributed by atoms with Crippen LogP contribution in [0.25, 0.3) is 0 Å². The van der Waals surface area contributed by atoms with Crippen LogP contribution in [0.3, 0.4) is 0 Å². The number of nitrogens with one attached hydrogen (secondary N) is 1. The highest BCUT2D eigenvalue weighted by Crippen LogP contribution is 2.10. The summed E-state index contributed by atoms with van der Waals surface area (Å²) in [4.78, 5) is 38.8. The maximum atomic E-state index is 12.3. The molecule has 0 atom stereocenters. The van der Waals surface area contributed by atoms with Crippen LogP contribution >= 0.6 is 0 Å². The molecular formula is C17H26N6O3. The van der Waals surface area contributed by atoms with Gasteiger partial charge in [-0.25, -0.2) is 9.97 Å². The van der Waals surface area contributed by atoms with Gasteiger partial charge >= 0.3 is 0 Å². The van der Waals surface area contributed by atoms with Gasteiger partial charge in [0.15, 0.2) is 0 Å². The van der Waals surface area contributed by atoms with E-state index in [1.807, 2.05) is 4.90 Å². The lowest BCUT2D eigenvalue weighted by molar-refractivity contribution is -0.136. The lowest BCUT2D eigenvalue weighted by Crippen LogP contribution is -2.50. The van der Waals surface area contributed by atoms with Crippen LogP contribution in [0.15, 0.2) is 18.5 Å². The summed E-state index contributed by atoms with van der Waals surface area (Å²) in [5.74, 6) is 0.347. The van der Waals surface area contributed by atoms with Crippen LogP contribution in [0.2, 0.25) is 0 Å². The average Bonchev–Trinajstić information content (AvgIpc) is 2.69. The second-order valence-electron chi connectivity index (χ2n) is 6.40. The third kappa shape index (κ3) is 5.37. The van der Waals surface area contributed by atoms with Crippen LogP contribution in [0.1, 0.15) is 6.42 Å². The van der Waals surface area contributed by atoms with E-state index in [4.69, 9.17) is 4.74 Å². The Labute approximate surface area is 153 Å². The second-order valence-corrected chi connectivity index (χ2v) is 6.40. The molecule has 2 aliphatic heterocycles. The number of carbonyl (C=O) groups is 2. The fourth-order valence-corrected chi connectivity index (χ4v) is 3.10. The fraction of sp³-hybridized carbons (Fsp3) is 0.647. The zero-order valence-electron chi connectivity index (χ0n) is 15.0. The van der Waals surface area contributed by atoms with E-state index in [1.165, 1.54) is 0 Å². The monoisotopic (exact) mass is 362 g/mol.